The molecule has 6 heteroatoms. The smallest absolute Gasteiger partial charge is 0.354 e. The summed E-state index contributed by atoms with van der Waals surface area (Å²) in [6.07, 6.45) is 4.06. The van der Waals surface area contributed by atoms with Crippen molar-refractivity contribution in [1.29, 1.82) is 0 Å². The highest BCUT2D eigenvalue weighted by molar-refractivity contribution is 5.99. The third-order valence-corrected chi connectivity index (χ3v) is 3.41. The molecular weight excluding hydrogens is 258 g/mol. The van der Waals surface area contributed by atoms with Crippen LogP contribution in [0.25, 0.3) is 0 Å². The van der Waals surface area contributed by atoms with Gasteiger partial charge in [-0.15, -0.1) is 0 Å². The Balaban J connectivity index is 2.07. The van der Waals surface area contributed by atoms with Crippen molar-refractivity contribution in [1.82, 2.24) is 9.88 Å². The van der Waals surface area contributed by atoms with E-state index in [1.54, 1.807) is 13.0 Å². The number of carbonyl (C=O) groups is 2. The fourth-order valence-corrected chi connectivity index (χ4v) is 2.21. The van der Waals surface area contributed by atoms with Crippen molar-refractivity contribution in [3.8, 4) is 0 Å². The number of aromatic carboxylic acids is 1. The van der Waals surface area contributed by atoms with E-state index in [2.05, 4.69) is 17.2 Å². The summed E-state index contributed by atoms with van der Waals surface area (Å²) in [5, 5.41) is 11.8. The quantitative estimate of drug-likeness (QED) is 0.748. The van der Waals surface area contributed by atoms with Crippen molar-refractivity contribution in [2.24, 2.45) is 0 Å². The van der Waals surface area contributed by atoms with Gasteiger partial charge in [0.25, 0.3) is 0 Å². The standard InChI is InChI=1S/C14H21N3O3/c1-3-4-7-17(10-5-6-10)14(20)16-11-8-9(2)15-12(11)13(18)19/h8,10,15H,3-7H2,1-2H3,(H,16,20)(H,18,19). The van der Waals surface area contributed by atoms with Crippen LogP contribution in [0, 0.1) is 6.92 Å². The lowest BCUT2D eigenvalue weighted by Gasteiger charge is -2.22. The summed E-state index contributed by atoms with van der Waals surface area (Å²) in [4.78, 5) is 28.0. The second-order valence-electron chi connectivity index (χ2n) is 5.25. The molecule has 1 aromatic rings. The third kappa shape index (κ3) is 3.31. The number of carboxylic acids is 1. The first kappa shape index (κ1) is 14.4. The Kier molecular flexibility index (Phi) is 4.32. The van der Waals surface area contributed by atoms with Gasteiger partial charge >= 0.3 is 12.0 Å². The number of anilines is 1. The van der Waals surface area contributed by atoms with Crippen molar-refractivity contribution in [2.45, 2.75) is 45.6 Å². The average molecular weight is 279 g/mol. The molecule has 1 heterocycles. The molecule has 0 bridgehead atoms. The number of aryl methyl sites for hydroxylation is 1. The van der Waals surface area contributed by atoms with E-state index < -0.39 is 5.97 Å². The Morgan fingerprint density at radius 1 is 1.50 bits per heavy atom. The number of nitrogens with zero attached hydrogens (tertiary/aromatic N) is 1. The first-order valence-electron chi connectivity index (χ1n) is 7.03. The van der Waals surface area contributed by atoms with Gasteiger partial charge in [0, 0.05) is 18.3 Å². The lowest BCUT2D eigenvalue weighted by Crippen LogP contribution is -2.37. The summed E-state index contributed by atoms with van der Waals surface area (Å²) in [6.45, 7) is 4.57. The minimum absolute atomic E-state index is 0.0297. The van der Waals surface area contributed by atoms with Gasteiger partial charge in [-0.2, -0.15) is 0 Å². The lowest BCUT2D eigenvalue weighted by atomic mass is 10.3. The molecule has 20 heavy (non-hydrogen) atoms. The topological polar surface area (TPSA) is 85.4 Å². The number of urea groups is 1. The van der Waals surface area contributed by atoms with Crippen LogP contribution >= 0.6 is 0 Å². The van der Waals surface area contributed by atoms with Gasteiger partial charge in [-0.3, -0.25) is 0 Å². The molecule has 0 atom stereocenters. The normalized spacial score (nSPS) is 14.1. The summed E-state index contributed by atoms with van der Waals surface area (Å²) in [6, 6.07) is 1.75. The van der Waals surface area contributed by atoms with Crippen molar-refractivity contribution in [3.63, 3.8) is 0 Å². The van der Waals surface area contributed by atoms with E-state index in [-0.39, 0.29) is 11.7 Å². The van der Waals surface area contributed by atoms with Crippen LogP contribution in [0.5, 0.6) is 0 Å². The second-order valence-corrected chi connectivity index (χ2v) is 5.25. The van der Waals surface area contributed by atoms with Gasteiger partial charge in [-0.05, 0) is 32.3 Å². The van der Waals surface area contributed by atoms with Crippen LogP contribution in [-0.2, 0) is 0 Å². The van der Waals surface area contributed by atoms with E-state index in [4.69, 9.17) is 5.11 Å². The zero-order chi connectivity index (χ0) is 14.7. The fourth-order valence-electron chi connectivity index (χ4n) is 2.21. The summed E-state index contributed by atoms with van der Waals surface area (Å²) in [5.74, 6) is -1.07. The molecule has 0 unspecified atom stereocenters. The highest BCUT2D eigenvalue weighted by atomic mass is 16.4. The van der Waals surface area contributed by atoms with Gasteiger partial charge in [0.1, 0.15) is 5.69 Å². The Morgan fingerprint density at radius 2 is 2.20 bits per heavy atom. The molecule has 2 amide bonds. The fraction of sp³-hybridized carbons (Fsp3) is 0.571. The SMILES string of the molecule is CCCCN(C(=O)Nc1cc(C)[nH]c1C(=O)O)C1CC1. The van der Waals surface area contributed by atoms with Gasteiger partial charge in [-0.25, -0.2) is 9.59 Å². The molecule has 2 rings (SSSR count). The molecule has 110 valence electrons. The summed E-state index contributed by atoms with van der Waals surface area (Å²) in [7, 11) is 0. The minimum Gasteiger partial charge on any atom is -0.477 e. The number of unbranched alkanes of at least 4 members (excludes halogenated alkanes) is 1. The van der Waals surface area contributed by atoms with E-state index in [0.717, 1.165) is 32.2 Å². The molecule has 3 N–H and O–H groups in total. The first-order chi connectivity index (χ1) is 9.52. The molecule has 0 radical (unpaired) electrons. The van der Waals surface area contributed by atoms with Crippen LogP contribution in [0.4, 0.5) is 10.5 Å². The van der Waals surface area contributed by atoms with Crippen LogP contribution in [0.2, 0.25) is 0 Å². The van der Waals surface area contributed by atoms with Gasteiger partial charge < -0.3 is 20.3 Å². The molecule has 1 aliphatic carbocycles. The zero-order valence-electron chi connectivity index (χ0n) is 11.9. The number of aromatic amines is 1. The molecular formula is C14H21N3O3. The molecule has 1 aromatic heterocycles. The summed E-state index contributed by atoms with van der Waals surface area (Å²) >= 11 is 0. The van der Waals surface area contributed by atoms with Crippen LogP contribution in [-0.4, -0.2) is 39.6 Å². The predicted octanol–water partition coefficient (Wildman–Crippen LogP) is 2.82. The van der Waals surface area contributed by atoms with E-state index in [1.165, 1.54) is 0 Å². The predicted molar refractivity (Wildman–Crippen MR) is 76.1 cm³/mol. The Bertz CT molecular complexity index is 506. The molecule has 6 nitrogen and oxygen atoms in total. The van der Waals surface area contributed by atoms with Crippen molar-refractivity contribution < 1.29 is 14.7 Å². The van der Waals surface area contributed by atoms with Crippen LogP contribution < -0.4 is 5.32 Å². The highest BCUT2D eigenvalue weighted by Crippen LogP contribution is 2.28. The van der Waals surface area contributed by atoms with Crippen LogP contribution in [0.1, 0.15) is 48.8 Å². The molecule has 1 fully saturated rings. The zero-order valence-corrected chi connectivity index (χ0v) is 11.9. The van der Waals surface area contributed by atoms with Gasteiger partial charge in [0.2, 0.25) is 0 Å². The second kappa shape index (κ2) is 5.98. The van der Waals surface area contributed by atoms with Gasteiger partial charge in [-0.1, -0.05) is 13.3 Å². The first-order valence-corrected chi connectivity index (χ1v) is 7.03. The molecule has 1 aliphatic rings. The molecule has 0 spiro atoms. The third-order valence-electron chi connectivity index (χ3n) is 3.41. The number of hydrogen-bond donors (Lipinski definition) is 3. The number of rotatable bonds is 6. The lowest BCUT2D eigenvalue weighted by molar-refractivity contribution is 0.0692. The maximum Gasteiger partial charge on any atom is 0.354 e. The Hall–Kier alpha value is -1.98. The van der Waals surface area contributed by atoms with Crippen molar-refractivity contribution in [2.75, 3.05) is 11.9 Å². The Labute approximate surface area is 118 Å². The molecule has 1 saturated carbocycles. The van der Waals surface area contributed by atoms with E-state index in [9.17, 15) is 9.59 Å². The Morgan fingerprint density at radius 3 is 2.75 bits per heavy atom. The van der Waals surface area contributed by atoms with Gasteiger partial charge in [0.05, 0.1) is 5.69 Å². The van der Waals surface area contributed by atoms with E-state index in [0.29, 0.717) is 17.4 Å². The number of carbonyl (C=O) groups excluding carboxylic acids is 1. The molecule has 0 aromatic carbocycles. The number of carboxylic acid groups (broad SMARTS) is 1. The van der Waals surface area contributed by atoms with Crippen molar-refractivity contribution in [3.05, 3.63) is 17.5 Å². The highest BCUT2D eigenvalue weighted by Gasteiger charge is 2.32. The van der Waals surface area contributed by atoms with E-state index in [1.807, 2.05) is 4.90 Å². The van der Waals surface area contributed by atoms with Crippen LogP contribution in [0.3, 0.4) is 0 Å². The number of nitrogens with one attached hydrogen (secondary N) is 2. The monoisotopic (exact) mass is 279 g/mol. The summed E-state index contributed by atoms with van der Waals surface area (Å²) in [5.41, 5.74) is 1.08. The summed E-state index contributed by atoms with van der Waals surface area (Å²) < 4.78 is 0. The number of H-pyrrole nitrogens is 1. The van der Waals surface area contributed by atoms with Crippen molar-refractivity contribution >= 4 is 17.7 Å². The number of aromatic nitrogens is 1. The van der Waals surface area contributed by atoms with Gasteiger partial charge in [0.15, 0.2) is 0 Å². The molecule has 0 saturated heterocycles. The number of amides is 2. The molecule has 0 aliphatic heterocycles. The van der Waals surface area contributed by atoms with E-state index >= 15 is 0 Å². The minimum atomic E-state index is -1.07. The number of hydrogen-bond acceptors (Lipinski definition) is 2. The van der Waals surface area contributed by atoms with Crippen LogP contribution in [0.15, 0.2) is 6.07 Å². The average Bonchev–Trinajstić information content (AvgIpc) is 3.14. The maximum absolute atomic E-state index is 12.3. The maximum atomic E-state index is 12.3. The largest absolute Gasteiger partial charge is 0.477 e.